The highest BCUT2D eigenvalue weighted by Gasteiger charge is 2.08. The lowest BCUT2D eigenvalue weighted by atomic mass is 9.97. The first kappa shape index (κ1) is 26.9. The van der Waals surface area contributed by atoms with Crippen LogP contribution in [0.3, 0.4) is 0 Å². The highest BCUT2D eigenvalue weighted by Crippen LogP contribution is 2.17. The lowest BCUT2D eigenvalue weighted by molar-refractivity contribution is -0.144. The molecule has 0 saturated heterocycles. The van der Waals surface area contributed by atoms with E-state index < -0.39 is 0 Å². The third-order valence-electron chi connectivity index (χ3n) is 5.19. The minimum Gasteiger partial charge on any atom is -0.466 e. The Kier molecular flexibility index (Phi) is 19.9. The summed E-state index contributed by atoms with van der Waals surface area (Å²) < 4.78 is 10.4. The van der Waals surface area contributed by atoms with Crippen LogP contribution in [-0.2, 0) is 19.1 Å². The molecular weight excluding hydrogens is 352 g/mol. The van der Waals surface area contributed by atoms with Crippen LogP contribution in [0.4, 0.5) is 0 Å². The molecule has 0 bridgehead atoms. The van der Waals surface area contributed by atoms with E-state index in [0.717, 1.165) is 44.9 Å². The van der Waals surface area contributed by atoms with Crippen molar-refractivity contribution in [3.05, 3.63) is 0 Å². The van der Waals surface area contributed by atoms with Crippen molar-refractivity contribution >= 4 is 11.9 Å². The van der Waals surface area contributed by atoms with E-state index in [-0.39, 0.29) is 11.9 Å². The zero-order valence-electron chi connectivity index (χ0n) is 18.9. The molecule has 0 aromatic heterocycles. The maximum atomic E-state index is 11.6. The number of ether oxygens (including phenoxy) is 2. The van der Waals surface area contributed by atoms with E-state index in [1.54, 1.807) is 0 Å². The summed E-state index contributed by atoms with van der Waals surface area (Å²) >= 11 is 0. The van der Waals surface area contributed by atoms with Gasteiger partial charge in [-0.2, -0.15) is 0 Å². The van der Waals surface area contributed by atoms with Gasteiger partial charge in [0.25, 0.3) is 0 Å². The quantitative estimate of drug-likeness (QED) is 0.164. The molecule has 0 rings (SSSR count). The van der Waals surface area contributed by atoms with Gasteiger partial charge in [0.1, 0.15) is 0 Å². The van der Waals surface area contributed by atoms with E-state index in [1.807, 2.05) is 0 Å². The van der Waals surface area contributed by atoms with Crippen LogP contribution in [0.2, 0.25) is 0 Å². The highest BCUT2D eigenvalue weighted by atomic mass is 16.5. The average molecular weight is 399 g/mol. The Hall–Kier alpha value is -1.06. The van der Waals surface area contributed by atoms with Crippen molar-refractivity contribution in [2.75, 3.05) is 13.2 Å². The Morgan fingerprint density at radius 3 is 1.61 bits per heavy atom. The number of hydrogen-bond acceptors (Lipinski definition) is 4. The third kappa shape index (κ3) is 19.7. The molecule has 166 valence electrons. The van der Waals surface area contributed by atoms with Gasteiger partial charge >= 0.3 is 11.9 Å². The summed E-state index contributed by atoms with van der Waals surface area (Å²) in [7, 11) is 0. The minimum absolute atomic E-state index is 0.0307. The Morgan fingerprint density at radius 2 is 1.07 bits per heavy atom. The molecule has 0 amide bonds. The Balaban J connectivity index is 3.32. The smallest absolute Gasteiger partial charge is 0.305 e. The van der Waals surface area contributed by atoms with E-state index in [1.165, 1.54) is 44.9 Å². The Morgan fingerprint density at radius 1 is 0.607 bits per heavy atom. The predicted molar refractivity (Wildman–Crippen MR) is 116 cm³/mol. The van der Waals surface area contributed by atoms with Crippen molar-refractivity contribution in [3.8, 4) is 0 Å². The Labute approximate surface area is 174 Å². The minimum atomic E-state index is -0.0329. The number of rotatable bonds is 20. The first-order valence-electron chi connectivity index (χ1n) is 11.9. The standard InChI is InChI=1S/C24H46O4/c1-4-6-20-27-23(25)17-15-13-11-9-8-10-12-14-16-22(3)18-19-24(26)28-21-7-5-2/h22H,4-21H2,1-3H3. The lowest BCUT2D eigenvalue weighted by Gasteiger charge is -2.11. The molecule has 0 aliphatic heterocycles. The van der Waals surface area contributed by atoms with Crippen molar-refractivity contribution in [3.63, 3.8) is 0 Å². The van der Waals surface area contributed by atoms with Crippen LogP contribution >= 0.6 is 0 Å². The molecular formula is C24H46O4. The zero-order chi connectivity index (χ0) is 20.9. The summed E-state index contributed by atoms with van der Waals surface area (Å²) in [4.78, 5) is 23.1. The second-order valence-corrected chi connectivity index (χ2v) is 8.16. The van der Waals surface area contributed by atoms with Gasteiger partial charge in [0.05, 0.1) is 13.2 Å². The normalized spacial score (nSPS) is 12.0. The van der Waals surface area contributed by atoms with Crippen LogP contribution in [-0.4, -0.2) is 25.2 Å². The topological polar surface area (TPSA) is 52.6 Å². The monoisotopic (exact) mass is 398 g/mol. The Bertz CT molecular complexity index is 368. The van der Waals surface area contributed by atoms with E-state index in [9.17, 15) is 9.59 Å². The van der Waals surface area contributed by atoms with Gasteiger partial charge in [-0.3, -0.25) is 9.59 Å². The molecule has 0 aromatic rings. The predicted octanol–water partition coefficient (Wildman–Crippen LogP) is 6.99. The molecule has 0 fully saturated rings. The van der Waals surface area contributed by atoms with Gasteiger partial charge in [-0.05, 0) is 31.6 Å². The van der Waals surface area contributed by atoms with Crippen LogP contribution in [0.5, 0.6) is 0 Å². The van der Waals surface area contributed by atoms with E-state index >= 15 is 0 Å². The van der Waals surface area contributed by atoms with Crippen LogP contribution in [0.25, 0.3) is 0 Å². The van der Waals surface area contributed by atoms with Gasteiger partial charge in [-0.15, -0.1) is 0 Å². The molecule has 28 heavy (non-hydrogen) atoms. The summed E-state index contributed by atoms with van der Waals surface area (Å²) in [5.74, 6) is 0.544. The summed E-state index contributed by atoms with van der Waals surface area (Å²) in [5, 5.41) is 0. The summed E-state index contributed by atoms with van der Waals surface area (Å²) in [6.45, 7) is 7.60. The molecule has 4 nitrogen and oxygen atoms in total. The van der Waals surface area contributed by atoms with Gasteiger partial charge < -0.3 is 9.47 Å². The van der Waals surface area contributed by atoms with Crippen molar-refractivity contribution in [1.82, 2.24) is 0 Å². The number of carbonyl (C=O) groups excluding carboxylic acids is 2. The second kappa shape index (κ2) is 20.7. The van der Waals surface area contributed by atoms with Gasteiger partial charge in [0.15, 0.2) is 0 Å². The van der Waals surface area contributed by atoms with E-state index in [2.05, 4.69) is 20.8 Å². The van der Waals surface area contributed by atoms with Crippen molar-refractivity contribution < 1.29 is 19.1 Å². The highest BCUT2D eigenvalue weighted by molar-refractivity contribution is 5.69. The maximum absolute atomic E-state index is 11.6. The number of carbonyl (C=O) groups is 2. The molecule has 0 radical (unpaired) electrons. The SMILES string of the molecule is CCCCOC(=O)CCCCCCCCCCC(C)CCC(=O)OCCCC. The fraction of sp³-hybridized carbons (Fsp3) is 0.917. The molecule has 1 unspecified atom stereocenters. The van der Waals surface area contributed by atoms with Gasteiger partial charge in [-0.1, -0.05) is 85.0 Å². The van der Waals surface area contributed by atoms with E-state index in [0.29, 0.717) is 32.0 Å². The van der Waals surface area contributed by atoms with Crippen molar-refractivity contribution in [1.29, 1.82) is 0 Å². The second-order valence-electron chi connectivity index (χ2n) is 8.16. The largest absolute Gasteiger partial charge is 0.466 e. The molecule has 0 aromatic carbocycles. The first-order chi connectivity index (χ1) is 13.6. The third-order valence-corrected chi connectivity index (χ3v) is 5.19. The molecule has 0 saturated carbocycles. The molecule has 0 heterocycles. The zero-order valence-corrected chi connectivity index (χ0v) is 18.9. The number of unbranched alkanes of at least 4 members (excludes halogenated alkanes) is 9. The fourth-order valence-electron chi connectivity index (χ4n) is 3.14. The molecule has 0 N–H and O–H groups in total. The average Bonchev–Trinajstić information content (AvgIpc) is 2.68. The first-order valence-corrected chi connectivity index (χ1v) is 11.9. The summed E-state index contributed by atoms with van der Waals surface area (Å²) in [6, 6.07) is 0. The number of esters is 2. The van der Waals surface area contributed by atoms with Gasteiger partial charge in [0, 0.05) is 12.8 Å². The maximum Gasteiger partial charge on any atom is 0.305 e. The molecule has 1 atom stereocenters. The molecule has 0 aliphatic rings. The molecule has 4 heteroatoms. The van der Waals surface area contributed by atoms with Crippen LogP contribution in [0.15, 0.2) is 0 Å². The lowest BCUT2D eigenvalue weighted by Crippen LogP contribution is -2.07. The van der Waals surface area contributed by atoms with Crippen LogP contribution < -0.4 is 0 Å². The van der Waals surface area contributed by atoms with Gasteiger partial charge in [-0.25, -0.2) is 0 Å². The van der Waals surface area contributed by atoms with Crippen molar-refractivity contribution in [2.24, 2.45) is 5.92 Å². The summed E-state index contributed by atoms with van der Waals surface area (Å²) in [5.41, 5.74) is 0. The summed E-state index contributed by atoms with van der Waals surface area (Å²) in [6.07, 6.45) is 17.1. The van der Waals surface area contributed by atoms with Crippen LogP contribution in [0.1, 0.15) is 124 Å². The molecule has 0 aliphatic carbocycles. The van der Waals surface area contributed by atoms with Gasteiger partial charge in [0.2, 0.25) is 0 Å². The molecule has 0 spiro atoms. The number of hydrogen-bond donors (Lipinski definition) is 0. The van der Waals surface area contributed by atoms with Crippen LogP contribution in [0, 0.1) is 5.92 Å². The van der Waals surface area contributed by atoms with Crippen molar-refractivity contribution in [2.45, 2.75) is 124 Å². The van der Waals surface area contributed by atoms with E-state index in [4.69, 9.17) is 9.47 Å². The fourth-order valence-corrected chi connectivity index (χ4v) is 3.14.